The van der Waals surface area contributed by atoms with Gasteiger partial charge in [-0.2, -0.15) is 10.3 Å². The van der Waals surface area contributed by atoms with E-state index in [1.807, 2.05) is 63.4 Å². The number of benzene rings is 4. The second-order valence-electron chi connectivity index (χ2n) is 22.4. The Morgan fingerprint density at radius 3 is 1.41 bits per heavy atom. The Hall–Kier alpha value is -4.26. The third-order valence-corrected chi connectivity index (χ3v) is 14.0. The van der Waals surface area contributed by atoms with E-state index >= 15 is 0 Å². The highest BCUT2D eigenvalue weighted by Crippen LogP contribution is 2.57. The molecule has 0 aromatic heterocycles. The van der Waals surface area contributed by atoms with Gasteiger partial charge in [0.1, 0.15) is 0 Å². The zero-order chi connectivity index (χ0) is 54.7. The Kier molecular flexibility index (Phi) is 15.9. The maximum absolute atomic E-state index is 9.24. The highest BCUT2D eigenvalue weighted by atomic mass is 35.5. The van der Waals surface area contributed by atoms with E-state index in [9.17, 15) is 5.26 Å². The lowest BCUT2D eigenvalue weighted by Crippen LogP contribution is -2.51. The summed E-state index contributed by atoms with van der Waals surface area (Å²) in [6.07, 6.45) is 1.95. The van der Waals surface area contributed by atoms with Gasteiger partial charge in [0.2, 0.25) is 0 Å². The maximum atomic E-state index is 9.24. The number of nitriles is 1. The van der Waals surface area contributed by atoms with Crippen molar-refractivity contribution < 1.29 is 15.0 Å². The molecule has 0 bridgehead atoms. The molecule has 0 aliphatic carbocycles. The lowest BCUT2D eigenvalue weighted by atomic mass is 9.64. The van der Waals surface area contributed by atoms with Crippen molar-refractivity contribution in [3.8, 4) is 6.19 Å². The topological polar surface area (TPSA) is 117 Å². The SMILES string of the molecule is Cc1c(C)c(C)c(C2(C(C)(C)C)OC(NC#N)=Nc3ccc(Cl)cc32)c(C)c1C.Cl.[2H]C([2H])(N)C(C)(C)C.[2H]C([2H])(N=C1Nc2ccc(Cl)cc2C(c2c(C)c(C)c(C)c(C)c2C)(C(C)(C)C)O1)C(C)(C)C. The van der Waals surface area contributed by atoms with Gasteiger partial charge in [-0.05, 0) is 179 Å². The van der Waals surface area contributed by atoms with E-state index in [0.29, 0.717) is 10.0 Å². The molecule has 2 aliphatic rings. The summed E-state index contributed by atoms with van der Waals surface area (Å²) < 4.78 is 44.8. The van der Waals surface area contributed by atoms with Crippen LogP contribution < -0.4 is 16.4 Å². The first kappa shape index (κ1) is 51.6. The molecule has 0 spiro atoms. The number of nitrogens with zero attached hydrogens (tertiary/aromatic N) is 3. The van der Waals surface area contributed by atoms with E-state index in [2.05, 4.69) is 131 Å². The van der Waals surface area contributed by atoms with Crippen molar-refractivity contribution in [1.29, 1.82) is 5.26 Å². The van der Waals surface area contributed by atoms with Crippen LogP contribution in [-0.2, 0) is 20.7 Å². The Balaban J connectivity index is 0.000000329. The quantitative estimate of drug-likeness (QED) is 0.139. The molecule has 2 heterocycles. The molecule has 68 heavy (non-hydrogen) atoms. The van der Waals surface area contributed by atoms with Crippen LogP contribution in [0.4, 0.5) is 11.4 Å². The molecule has 0 amide bonds. The number of anilines is 1. The van der Waals surface area contributed by atoms with Crippen LogP contribution in [0.3, 0.4) is 0 Å². The van der Waals surface area contributed by atoms with Gasteiger partial charge in [0.15, 0.2) is 17.4 Å². The van der Waals surface area contributed by atoms with Crippen LogP contribution in [0.1, 0.15) is 166 Å². The number of hydrogen-bond donors (Lipinski definition) is 3. The fraction of sp³-hybridized carbons (Fsp3) is 0.526. The Labute approximate surface area is 432 Å². The van der Waals surface area contributed by atoms with Crippen molar-refractivity contribution in [2.24, 2.45) is 37.4 Å². The fourth-order valence-corrected chi connectivity index (χ4v) is 9.48. The van der Waals surface area contributed by atoms with Gasteiger partial charge in [-0.1, -0.05) is 106 Å². The van der Waals surface area contributed by atoms with Gasteiger partial charge in [-0.3, -0.25) is 0 Å². The Morgan fingerprint density at radius 2 is 1.03 bits per heavy atom. The molecule has 4 aromatic rings. The molecule has 6 rings (SSSR count). The van der Waals surface area contributed by atoms with E-state index in [-0.39, 0.29) is 29.9 Å². The molecule has 372 valence electrons. The van der Waals surface area contributed by atoms with Crippen molar-refractivity contribution in [3.05, 3.63) is 124 Å². The lowest BCUT2D eigenvalue weighted by Gasteiger charge is -2.50. The molecule has 0 fully saturated rings. The zero-order valence-electron chi connectivity index (χ0n) is 48.9. The van der Waals surface area contributed by atoms with E-state index in [4.69, 9.17) is 43.9 Å². The number of fused-ring (bicyclic) bond motifs is 2. The Morgan fingerprint density at radius 1 is 0.647 bits per heavy atom. The van der Waals surface area contributed by atoms with Crippen LogP contribution in [0.2, 0.25) is 10.0 Å². The number of halogens is 3. The molecule has 0 radical (unpaired) electrons. The van der Waals surface area contributed by atoms with Gasteiger partial charge in [-0.15, -0.1) is 12.4 Å². The summed E-state index contributed by atoms with van der Waals surface area (Å²) in [6, 6.07) is 11.8. The van der Waals surface area contributed by atoms with Crippen LogP contribution in [-0.4, -0.2) is 25.0 Å². The number of hydrogen-bond acceptors (Lipinski definition) is 7. The summed E-state index contributed by atoms with van der Waals surface area (Å²) in [7, 11) is 0. The number of amidine groups is 2. The second kappa shape index (κ2) is 21.0. The molecule has 4 N–H and O–H groups in total. The van der Waals surface area contributed by atoms with E-state index in [1.165, 1.54) is 55.6 Å². The highest BCUT2D eigenvalue weighted by Gasteiger charge is 2.55. The molecule has 2 atom stereocenters. The largest absolute Gasteiger partial charge is 0.448 e. The van der Waals surface area contributed by atoms with Crippen molar-refractivity contribution in [1.82, 2.24) is 5.32 Å². The van der Waals surface area contributed by atoms with Crippen molar-refractivity contribution in [2.75, 3.05) is 18.3 Å². The number of rotatable bonds is 3. The average molecular weight is 993 g/mol. The van der Waals surface area contributed by atoms with Gasteiger partial charge < -0.3 is 20.5 Å². The van der Waals surface area contributed by atoms with E-state index in [1.54, 1.807) is 20.8 Å². The summed E-state index contributed by atoms with van der Waals surface area (Å²) in [5.74, 6) is 0. The standard InChI is InChI=1S/C28H39ClN2O.C24H28ClN3O.C5H13N.ClH/c1-16-17(2)19(4)24(20(5)18(16)3)28(27(9,10)11)22-14-21(29)12-13-23(22)31-25(32-28)30-15-26(6,7)8;1-13-14(2)16(4)21(17(5)15(13)3)24(23(6,7)8)19-11-18(25)9-10-20(19)28-22(29-24)27-12-26;1-5(2,3)4-6;/h12-14H,15H2,1-11H3,(H,30,31);9-11H,1-8H3,(H,27,28);4,6H2,1-3H3;1H/i15D2;;4D2;. The predicted octanol–water partition coefficient (Wildman–Crippen LogP) is 15.7. The first-order valence-corrected chi connectivity index (χ1v) is 23.8. The number of aliphatic imine (C=N–C) groups is 2. The average Bonchev–Trinajstić information content (AvgIpc) is 3.22. The normalized spacial score (nSPS) is 19.6. The number of nitrogens with one attached hydrogen (secondary N) is 2. The van der Waals surface area contributed by atoms with Crippen molar-refractivity contribution in [2.45, 2.75) is 164 Å². The lowest BCUT2D eigenvalue weighted by molar-refractivity contribution is -0.0191. The maximum Gasteiger partial charge on any atom is 0.304 e. The smallest absolute Gasteiger partial charge is 0.304 e. The molecule has 2 unspecified atom stereocenters. The minimum Gasteiger partial charge on any atom is -0.448 e. The minimum absolute atomic E-state index is 0. The van der Waals surface area contributed by atoms with Gasteiger partial charge >= 0.3 is 6.02 Å². The molecule has 2 aliphatic heterocycles. The van der Waals surface area contributed by atoms with Crippen LogP contribution in [0.25, 0.3) is 0 Å². The van der Waals surface area contributed by atoms with Crippen LogP contribution in [0, 0.1) is 102 Å². The summed E-state index contributed by atoms with van der Waals surface area (Å²) >= 11 is 13.0. The fourth-order valence-electron chi connectivity index (χ4n) is 9.14. The molecule has 0 saturated carbocycles. The number of nitrogens with two attached hydrogens (primary N) is 1. The highest BCUT2D eigenvalue weighted by molar-refractivity contribution is 6.31. The molecular weight excluding hydrogens is 907 g/mol. The predicted molar refractivity (Wildman–Crippen MR) is 293 cm³/mol. The third-order valence-electron chi connectivity index (χ3n) is 13.6. The monoisotopic (exact) mass is 991 g/mol. The number of ether oxygens (including phenoxy) is 2. The van der Waals surface area contributed by atoms with Crippen LogP contribution in [0.15, 0.2) is 46.4 Å². The minimum atomic E-state index is -1.84. The molecule has 0 saturated heterocycles. The molecule has 8 nitrogen and oxygen atoms in total. The molecular formula is C57H81Cl3N6O2. The third kappa shape index (κ3) is 11.3. The van der Waals surface area contributed by atoms with Gasteiger partial charge in [0.25, 0.3) is 6.02 Å². The second-order valence-corrected chi connectivity index (χ2v) is 23.2. The molecule has 4 aromatic carbocycles. The van der Waals surface area contributed by atoms with Gasteiger partial charge in [0, 0.05) is 58.1 Å². The van der Waals surface area contributed by atoms with E-state index in [0.717, 1.165) is 33.6 Å². The summed E-state index contributed by atoms with van der Waals surface area (Å²) in [5.41, 5.74) is 19.2. The Bertz CT molecular complexity index is 2750. The first-order chi connectivity index (χ1) is 32.0. The van der Waals surface area contributed by atoms with Crippen LogP contribution in [0.5, 0.6) is 0 Å². The summed E-state index contributed by atoms with van der Waals surface area (Å²) in [4.78, 5) is 9.03. The van der Waals surface area contributed by atoms with Crippen molar-refractivity contribution >= 4 is 59.0 Å². The summed E-state index contributed by atoms with van der Waals surface area (Å²) in [6.45, 7) is 41.9. The first-order valence-electron chi connectivity index (χ1n) is 25.1. The van der Waals surface area contributed by atoms with Gasteiger partial charge in [0.05, 0.1) is 8.43 Å². The van der Waals surface area contributed by atoms with E-state index < -0.39 is 40.4 Å². The van der Waals surface area contributed by atoms with Gasteiger partial charge in [-0.25, -0.2) is 10.3 Å². The van der Waals surface area contributed by atoms with Crippen LogP contribution >= 0.6 is 35.6 Å². The van der Waals surface area contributed by atoms with Crippen molar-refractivity contribution in [3.63, 3.8) is 0 Å². The molecule has 11 heteroatoms. The summed E-state index contributed by atoms with van der Waals surface area (Å²) in [5, 5.41) is 16.4. The zero-order valence-corrected chi connectivity index (χ0v) is 47.2.